The van der Waals surface area contributed by atoms with Gasteiger partial charge in [0.1, 0.15) is 11.6 Å². The lowest BCUT2D eigenvalue weighted by atomic mass is 10.2. The summed E-state index contributed by atoms with van der Waals surface area (Å²) in [6.07, 6.45) is 0. The second-order valence-electron chi connectivity index (χ2n) is 6.55. The van der Waals surface area contributed by atoms with Gasteiger partial charge in [-0.3, -0.25) is 4.79 Å². The van der Waals surface area contributed by atoms with Crippen molar-refractivity contribution in [1.82, 2.24) is 9.97 Å². The van der Waals surface area contributed by atoms with Crippen molar-refractivity contribution in [2.24, 2.45) is 0 Å². The second kappa shape index (κ2) is 9.54. The van der Waals surface area contributed by atoms with Gasteiger partial charge in [0, 0.05) is 29.7 Å². The lowest BCUT2D eigenvalue weighted by Gasteiger charge is -2.11. The third-order valence-electron chi connectivity index (χ3n) is 4.08. The standard InChI is InChI=1S/C22H25N5O2/c1-4-23-22-24-16(3)13-20(27-22)25-17-9-11-18(12-10-17)26-21(28)14-29-19-8-6-5-7-15(19)2/h5-13H,4,14H2,1-3H3,(H,26,28)(H2,23,24,25,27). The third kappa shape index (κ3) is 5.93. The molecule has 0 fully saturated rings. The summed E-state index contributed by atoms with van der Waals surface area (Å²) in [4.78, 5) is 20.9. The van der Waals surface area contributed by atoms with Crippen LogP contribution in [0.5, 0.6) is 5.75 Å². The number of carbonyl (C=O) groups is 1. The first kappa shape index (κ1) is 20.1. The lowest BCUT2D eigenvalue weighted by Crippen LogP contribution is -2.20. The number of carbonyl (C=O) groups excluding carboxylic acids is 1. The zero-order chi connectivity index (χ0) is 20.6. The van der Waals surface area contributed by atoms with Crippen molar-refractivity contribution in [2.75, 3.05) is 29.1 Å². The smallest absolute Gasteiger partial charge is 0.262 e. The van der Waals surface area contributed by atoms with Gasteiger partial charge in [-0.15, -0.1) is 0 Å². The minimum atomic E-state index is -0.212. The number of nitrogens with zero attached hydrogens (tertiary/aromatic N) is 2. The van der Waals surface area contributed by atoms with E-state index in [-0.39, 0.29) is 12.5 Å². The number of ether oxygens (including phenoxy) is 1. The van der Waals surface area contributed by atoms with E-state index in [0.29, 0.717) is 23.2 Å². The van der Waals surface area contributed by atoms with E-state index in [1.165, 1.54) is 0 Å². The first-order chi connectivity index (χ1) is 14.0. The summed E-state index contributed by atoms with van der Waals surface area (Å²) in [5.74, 6) is 1.79. The largest absolute Gasteiger partial charge is 0.483 e. The Kier molecular flexibility index (Phi) is 6.63. The van der Waals surface area contributed by atoms with Crippen molar-refractivity contribution in [3.8, 4) is 5.75 Å². The van der Waals surface area contributed by atoms with Gasteiger partial charge >= 0.3 is 0 Å². The number of hydrogen-bond acceptors (Lipinski definition) is 6. The van der Waals surface area contributed by atoms with Gasteiger partial charge in [0.15, 0.2) is 6.61 Å². The molecule has 3 rings (SSSR count). The van der Waals surface area contributed by atoms with Crippen LogP contribution in [0, 0.1) is 13.8 Å². The zero-order valence-electron chi connectivity index (χ0n) is 16.8. The molecule has 1 heterocycles. The zero-order valence-corrected chi connectivity index (χ0v) is 16.8. The fourth-order valence-corrected chi connectivity index (χ4v) is 2.71. The van der Waals surface area contributed by atoms with Gasteiger partial charge < -0.3 is 20.7 Å². The SMILES string of the molecule is CCNc1nc(C)cc(Nc2ccc(NC(=O)COc3ccccc3C)cc2)n1. The van der Waals surface area contributed by atoms with E-state index in [4.69, 9.17) is 4.74 Å². The third-order valence-corrected chi connectivity index (χ3v) is 4.08. The van der Waals surface area contributed by atoms with Crippen LogP contribution in [0.25, 0.3) is 0 Å². The molecule has 0 saturated carbocycles. The summed E-state index contributed by atoms with van der Waals surface area (Å²) in [7, 11) is 0. The first-order valence-corrected chi connectivity index (χ1v) is 9.48. The van der Waals surface area contributed by atoms with E-state index in [0.717, 1.165) is 23.5 Å². The maximum atomic E-state index is 12.1. The topological polar surface area (TPSA) is 88.2 Å². The Morgan fingerprint density at radius 2 is 1.72 bits per heavy atom. The van der Waals surface area contributed by atoms with Crippen LogP contribution in [0.3, 0.4) is 0 Å². The van der Waals surface area contributed by atoms with Crippen molar-refractivity contribution >= 4 is 29.0 Å². The molecule has 1 aromatic heterocycles. The molecule has 0 radical (unpaired) electrons. The number of hydrogen-bond donors (Lipinski definition) is 3. The number of amides is 1. The summed E-state index contributed by atoms with van der Waals surface area (Å²) < 4.78 is 5.57. The highest BCUT2D eigenvalue weighted by atomic mass is 16.5. The first-order valence-electron chi connectivity index (χ1n) is 9.48. The number of aromatic nitrogens is 2. The number of aryl methyl sites for hydroxylation is 2. The average molecular weight is 391 g/mol. The van der Waals surface area contributed by atoms with Gasteiger partial charge in [-0.05, 0) is 56.7 Å². The Morgan fingerprint density at radius 1 is 1.00 bits per heavy atom. The predicted molar refractivity (Wildman–Crippen MR) is 116 cm³/mol. The van der Waals surface area contributed by atoms with E-state index in [1.807, 2.05) is 75.4 Å². The molecular weight excluding hydrogens is 366 g/mol. The molecule has 29 heavy (non-hydrogen) atoms. The highest BCUT2D eigenvalue weighted by Gasteiger charge is 2.06. The Morgan fingerprint density at radius 3 is 2.45 bits per heavy atom. The molecular formula is C22H25N5O2. The van der Waals surface area contributed by atoms with Crippen LogP contribution in [-0.4, -0.2) is 29.0 Å². The maximum Gasteiger partial charge on any atom is 0.262 e. The van der Waals surface area contributed by atoms with Gasteiger partial charge in [-0.25, -0.2) is 4.98 Å². The van der Waals surface area contributed by atoms with Crippen molar-refractivity contribution in [1.29, 1.82) is 0 Å². The number of anilines is 4. The molecule has 3 N–H and O–H groups in total. The van der Waals surface area contributed by atoms with E-state index in [9.17, 15) is 4.79 Å². The molecule has 0 spiro atoms. The van der Waals surface area contributed by atoms with Crippen molar-refractivity contribution in [3.05, 3.63) is 65.9 Å². The van der Waals surface area contributed by atoms with E-state index < -0.39 is 0 Å². The van der Waals surface area contributed by atoms with Crippen molar-refractivity contribution < 1.29 is 9.53 Å². The summed E-state index contributed by atoms with van der Waals surface area (Å²) >= 11 is 0. The number of nitrogens with one attached hydrogen (secondary N) is 3. The molecule has 0 aliphatic heterocycles. The van der Waals surface area contributed by atoms with Crippen molar-refractivity contribution in [2.45, 2.75) is 20.8 Å². The summed E-state index contributed by atoms with van der Waals surface area (Å²) in [6.45, 7) is 6.58. The Bertz CT molecular complexity index is 973. The minimum Gasteiger partial charge on any atom is -0.483 e. The molecule has 0 atom stereocenters. The van der Waals surface area contributed by atoms with Gasteiger partial charge in [-0.1, -0.05) is 18.2 Å². The Balaban J connectivity index is 1.56. The summed E-state index contributed by atoms with van der Waals surface area (Å²) in [6, 6.07) is 16.9. The van der Waals surface area contributed by atoms with Crippen LogP contribution in [0.2, 0.25) is 0 Å². The van der Waals surface area contributed by atoms with Crippen molar-refractivity contribution in [3.63, 3.8) is 0 Å². The normalized spacial score (nSPS) is 10.3. The number of para-hydroxylation sites is 1. The highest BCUT2D eigenvalue weighted by Crippen LogP contribution is 2.20. The van der Waals surface area contributed by atoms with Crippen LogP contribution in [0.4, 0.5) is 23.1 Å². The van der Waals surface area contributed by atoms with Crippen LogP contribution in [0.1, 0.15) is 18.2 Å². The molecule has 7 heteroatoms. The maximum absolute atomic E-state index is 12.1. The Hall–Kier alpha value is -3.61. The van der Waals surface area contributed by atoms with E-state index in [2.05, 4.69) is 25.9 Å². The second-order valence-corrected chi connectivity index (χ2v) is 6.55. The number of benzene rings is 2. The monoisotopic (exact) mass is 391 g/mol. The number of rotatable bonds is 8. The molecule has 0 aliphatic carbocycles. The minimum absolute atomic E-state index is 0.0434. The average Bonchev–Trinajstić information content (AvgIpc) is 2.69. The molecule has 0 aliphatic rings. The molecule has 0 saturated heterocycles. The van der Waals surface area contributed by atoms with E-state index in [1.54, 1.807) is 0 Å². The lowest BCUT2D eigenvalue weighted by molar-refractivity contribution is -0.118. The molecule has 1 amide bonds. The molecule has 0 bridgehead atoms. The predicted octanol–water partition coefficient (Wildman–Crippen LogP) is 4.29. The Labute approximate surface area is 170 Å². The van der Waals surface area contributed by atoms with E-state index >= 15 is 0 Å². The highest BCUT2D eigenvalue weighted by molar-refractivity contribution is 5.92. The molecule has 0 unspecified atom stereocenters. The molecule has 150 valence electrons. The van der Waals surface area contributed by atoms with Gasteiger partial charge in [-0.2, -0.15) is 4.98 Å². The van der Waals surface area contributed by atoms with Crippen LogP contribution in [-0.2, 0) is 4.79 Å². The molecule has 7 nitrogen and oxygen atoms in total. The fourth-order valence-electron chi connectivity index (χ4n) is 2.71. The molecule has 2 aromatic carbocycles. The summed E-state index contributed by atoms with van der Waals surface area (Å²) in [5, 5.41) is 9.19. The van der Waals surface area contributed by atoms with Gasteiger partial charge in [0.05, 0.1) is 0 Å². The van der Waals surface area contributed by atoms with Crippen LogP contribution < -0.4 is 20.7 Å². The van der Waals surface area contributed by atoms with Crippen LogP contribution in [0.15, 0.2) is 54.6 Å². The fraction of sp³-hybridized carbons (Fsp3) is 0.227. The van der Waals surface area contributed by atoms with Gasteiger partial charge in [0.2, 0.25) is 5.95 Å². The van der Waals surface area contributed by atoms with Gasteiger partial charge in [0.25, 0.3) is 5.91 Å². The van der Waals surface area contributed by atoms with Crippen LogP contribution >= 0.6 is 0 Å². The quantitative estimate of drug-likeness (QED) is 0.531. The molecule has 3 aromatic rings. The summed E-state index contributed by atoms with van der Waals surface area (Å²) in [5.41, 5.74) is 3.42.